The van der Waals surface area contributed by atoms with Gasteiger partial charge in [0.2, 0.25) is 0 Å². The topological polar surface area (TPSA) is 86.8 Å². The van der Waals surface area contributed by atoms with E-state index in [1.54, 1.807) is 38.3 Å². The molecule has 3 amide bonds. The molecule has 10 heteroatoms. The molecule has 0 saturated carbocycles. The molecular formula is C23H24ClN5O3S. The van der Waals surface area contributed by atoms with Gasteiger partial charge >= 0.3 is 6.03 Å². The van der Waals surface area contributed by atoms with Gasteiger partial charge in [-0.25, -0.2) is 9.78 Å². The highest BCUT2D eigenvalue weighted by Crippen LogP contribution is 2.29. The van der Waals surface area contributed by atoms with E-state index in [1.807, 2.05) is 29.2 Å². The van der Waals surface area contributed by atoms with E-state index in [0.29, 0.717) is 52.6 Å². The van der Waals surface area contributed by atoms with Crippen molar-refractivity contribution < 1.29 is 14.3 Å². The number of carbonyl (C=O) groups is 2. The van der Waals surface area contributed by atoms with Gasteiger partial charge in [-0.3, -0.25) is 10.1 Å². The van der Waals surface area contributed by atoms with Crippen LogP contribution in [0.3, 0.4) is 0 Å². The number of para-hydroxylation sites is 2. The van der Waals surface area contributed by atoms with Gasteiger partial charge in [0.15, 0.2) is 5.13 Å². The molecule has 1 aliphatic heterocycles. The number of nitrogens with zero attached hydrogens (tertiary/aromatic N) is 3. The molecule has 2 N–H and O–H groups in total. The monoisotopic (exact) mass is 485 g/mol. The van der Waals surface area contributed by atoms with Crippen molar-refractivity contribution in [2.75, 3.05) is 48.8 Å². The van der Waals surface area contributed by atoms with Crippen LogP contribution >= 0.6 is 22.9 Å². The Bertz CT molecular complexity index is 1140. The summed E-state index contributed by atoms with van der Waals surface area (Å²) < 4.78 is 5.46. The van der Waals surface area contributed by atoms with Crippen LogP contribution in [0, 0.1) is 6.92 Å². The molecular weight excluding hydrogens is 462 g/mol. The summed E-state index contributed by atoms with van der Waals surface area (Å²) in [6.45, 7) is 4.37. The smallest absolute Gasteiger partial charge is 0.325 e. The van der Waals surface area contributed by atoms with Crippen molar-refractivity contribution in [1.29, 1.82) is 0 Å². The van der Waals surface area contributed by atoms with Crippen molar-refractivity contribution in [2.45, 2.75) is 6.92 Å². The molecule has 33 heavy (non-hydrogen) atoms. The van der Waals surface area contributed by atoms with Crippen LogP contribution in [0.4, 0.5) is 21.3 Å². The summed E-state index contributed by atoms with van der Waals surface area (Å²) in [5.41, 5.74) is 2.23. The Labute approximate surface area is 201 Å². The minimum absolute atomic E-state index is 0.0733. The molecule has 0 spiro atoms. The molecule has 8 nitrogen and oxygen atoms in total. The summed E-state index contributed by atoms with van der Waals surface area (Å²) >= 11 is 7.04. The van der Waals surface area contributed by atoms with E-state index in [4.69, 9.17) is 16.3 Å². The van der Waals surface area contributed by atoms with Crippen LogP contribution in [-0.2, 0) is 0 Å². The molecule has 2 aromatic carbocycles. The van der Waals surface area contributed by atoms with Crippen LogP contribution in [0.2, 0.25) is 5.02 Å². The Kier molecular flexibility index (Phi) is 7.00. The largest absolute Gasteiger partial charge is 0.495 e. The maximum Gasteiger partial charge on any atom is 0.325 e. The van der Waals surface area contributed by atoms with Crippen molar-refractivity contribution >= 4 is 51.4 Å². The number of aromatic nitrogens is 1. The number of hydrogen-bond donors (Lipinski definition) is 2. The summed E-state index contributed by atoms with van der Waals surface area (Å²) in [6, 6.07) is 14.2. The molecule has 1 aromatic heterocycles. The van der Waals surface area contributed by atoms with Crippen molar-refractivity contribution in [3.8, 4) is 5.75 Å². The van der Waals surface area contributed by atoms with Crippen molar-refractivity contribution in [1.82, 2.24) is 9.88 Å². The molecule has 172 valence electrons. The number of amides is 3. The van der Waals surface area contributed by atoms with E-state index >= 15 is 0 Å². The van der Waals surface area contributed by atoms with Gasteiger partial charge in [0.1, 0.15) is 10.6 Å². The first-order valence-electron chi connectivity index (χ1n) is 10.4. The molecule has 2 heterocycles. The third kappa shape index (κ3) is 5.37. The lowest BCUT2D eigenvalue weighted by atomic mass is 10.2. The fourth-order valence-corrected chi connectivity index (χ4v) is 4.68. The molecule has 4 rings (SSSR count). The Hall–Kier alpha value is -3.30. The first kappa shape index (κ1) is 22.9. The van der Waals surface area contributed by atoms with E-state index < -0.39 is 6.03 Å². The summed E-state index contributed by atoms with van der Waals surface area (Å²) in [7, 11) is 1.66. The zero-order valence-corrected chi connectivity index (χ0v) is 19.9. The SMILES string of the molecule is COc1ccccc1N1CCN(C(=O)c2sc(NC(=O)Nc3ccc(Cl)cc3)nc2C)CC1. The quantitative estimate of drug-likeness (QED) is 0.546. The van der Waals surface area contributed by atoms with E-state index in [0.717, 1.165) is 11.4 Å². The van der Waals surface area contributed by atoms with Gasteiger partial charge in [0, 0.05) is 36.9 Å². The van der Waals surface area contributed by atoms with Gasteiger partial charge < -0.3 is 19.9 Å². The van der Waals surface area contributed by atoms with Gasteiger partial charge in [-0.05, 0) is 43.3 Å². The standard InChI is InChI=1S/C23H24ClN5O3S/c1-15-20(33-23(25-15)27-22(31)26-17-9-7-16(24)8-10-17)21(30)29-13-11-28(12-14-29)18-5-3-4-6-19(18)32-2/h3-10H,11-14H2,1-2H3,(H2,25,26,27,31). The maximum absolute atomic E-state index is 13.1. The molecule has 0 unspecified atom stereocenters. The lowest BCUT2D eigenvalue weighted by molar-refractivity contribution is 0.0750. The zero-order valence-electron chi connectivity index (χ0n) is 18.3. The highest BCUT2D eigenvalue weighted by molar-refractivity contribution is 7.17. The molecule has 1 saturated heterocycles. The summed E-state index contributed by atoms with van der Waals surface area (Å²) in [4.78, 5) is 34.3. The van der Waals surface area contributed by atoms with Crippen LogP contribution in [0.25, 0.3) is 0 Å². The van der Waals surface area contributed by atoms with Gasteiger partial charge in [-0.1, -0.05) is 35.1 Å². The Morgan fingerprint density at radius 3 is 2.42 bits per heavy atom. The van der Waals surface area contributed by atoms with Gasteiger partial charge in [0.25, 0.3) is 5.91 Å². The Balaban J connectivity index is 1.36. The van der Waals surface area contributed by atoms with Crippen LogP contribution in [0.15, 0.2) is 48.5 Å². The number of hydrogen-bond acceptors (Lipinski definition) is 6. The highest BCUT2D eigenvalue weighted by Gasteiger charge is 2.26. The molecule has 0 radical (unpaired) electrons. The minimum Gasteiger partial charge on any atom is -0.495 e. The number of thiazole rings is 1. The lowest BCUT2D eigenvalue weighted by Crippen LogP contribution is -2.48. The number of urea groups is 1. The number of carbonyl (C=O) groups excluding carboxylic acids is 2. The maximum atomic E-state index is 13.1. The fraction of sp³-hybridized carbons (Fsp3) is 0.261. The number of halogens is 1. The van der Waals surface area contributed by atoms with Crippen molar-refractivity contribution in [2.24, 2.45) is 0 Å². The average molecular weight is 486 g/mol. The second-order valence-electron chi connectivity index (χ2n) is 7.47. The normalized spacial score (nSPS) is 13.5. The molecule has 3 aromatic rings. The molecule has 0 atom stereocenters. The predicted octanol–water partition coefficient (Wildman–Crippen LogP) is 4.72. The van der Waals surface area contributed by atoms with E-state index in [1.165, 1.54) is 11.3 Å². The first-order valence-corrected chi connectivity index (χ1v) is 11.6. The van der Waals surface area contributed by atoms with E-state index in [9.17, 15) is 9.59 Å². The first-order chi connectivity index (χ1) is 15.9. The number of piperazine rings is 1. The summed E-state index contributed by atoms with van der Waals surface area (Å²) in [5, 5.41) is 6.37. The number of methoxy groups -OCH3 is 1. The van der Waals surface area contributed by atoms with E-state index in [-0.39, 0.29) is 5.91 Å². The van der Waals surface area contributed by atoms with Crippen LogP contribution < -0.4 is 20.3 Å². The second kappa shape index (κ2) is 10.1. The van der Waals surface area contributed by atoms with Crippen LogP contribution in [-0.4, -0.2) is 55.1 Å². The number of benzene rings is 2. The number of ether oxygens (including phenoxy) is 1. The molecule has 0 bridgehead atoms. The van der Waals surface area contributed by atoms with Crippen LogP contribution in [0.5, 0.6) is 5.75 Å². The average Bonchev–Trinajstić information content (AvgIpc) is 3.19. The number of nitrogens with one attached hydrogen (secondary N) is 2. The number of aryl methyl sites for hydroxylation is 1. The predicted molar refractivity (Wildman–Crippen MR) is 132 cm³/mol. The second-order valence-corrected chi connectivity index (χ2v) is 8.91. The van der Waals surface area contributed by atoms with Gasteiger partial charge in [-0.2, -0.15) is 0 Å². The highest BCUT2D eigenvalue weighted by atomic mass is 35.5. The Morgan fingerprint density at radius 1 is 1.03 bits per heavy atom. The van der Waals surface area contributed by atoms with Crippen molar-refractivity contribution in [3.05, 3.63) is 64.1 Å². The minimum atomic E-state index is -0.435. The van der Waals surface area contributed by atoms with Crippen molar-refractivity contribution in [3.63, 3.8) is 0 Å². The number of anilines is 3. The zero-order chi connectivity index (χ0) is 23.4. The molecule has 0 aliphatic carbocycles. The Morgan fingerprint density at radius 2 is 1.73 bits per heavy atom. The molecule has 1 fully saturated rings. The number of rotatable bonds is 5. The van der Waals surface area contributed by atoms with Gasteiger partial charge in [-0.15, -0.1) is 0 Å². The van der Waals surface area contributed by atoms with Gasteiger partial charge in [0.05, 0.1) is 18.5 Å². The summed E-state index contributed by atoms with van der Waals surface area (Å²) in [6.07, 6.45) is 0. The lowest BCUT2D eigenvalue weighted by Gasteiger charge is -2.36. The molecule has 1 aliphatic rings. The third-order valence-corrected chi connectivity index (χ3v) is 6.62. The van der Waals surface area contributed by atoms with Crippen LogP contribution in [0.1, 0.15) is 15.4 Å². The van der Waals surface area contributed by atoms with E-state index in [2.05, 4.69) is 20.5 Å². The third-order valence-electron chi connectivity index (χ3n) is 5.31. The fourth-order valence-electron chi connectivity index (χ4n) is 3.63. The summed E-state index contributed by atoms with van der Waals surface area (Å²) in [5.74, 6) is 0.749.